The van der Waals surface area contributed by atoms with E-state index in [9.17, 15) is 13.2 Å². The number of carboxylic acid groups (broad SMARTS) is 1. The number of halogens is 1. The molecule has 18 heavy (non-hydrogen) atoms. The number of quaternary nitrogens is 1. The standard InChI is InChI=1S/C6H15NO3S.C4H6O2.ClH/c1-6(11(8,9)10)5-7(2,3)4;1-3(2)4(5)6;/h6H,5H2,1-4H3;1H2,2H3,(H,5,6);1H. The highest BCUT2D eigenvalue weighted by molar-refractivity contribution is 7.86. The second-order valence-electron chi connectivity index (χ2n) is 4.88. The summed E-state index contributed by atoms with van der Waals surface area (Å²) in [5, 5.41) is 7.20. The molecule has 0 aliphatic rings. The van der Waals surface area contributed by atoms with Gasteiger partial charge in [0.2, 0.25) is 0 Å². The molecule has 0 rings (SSSR count). The van der Waals surface area contributed by atoms with Crippen LogP contribution in [0.15, 0.2) is 12.2 Å². The monoisotopic (exact) mass is 303 g/mol. The van der Waals surface area contributed by atoms with Crippen LogP contribution in [0, 0.1) is 0 Å². The van der Waals surface area contributed by atoms with Crippen LogP contribution in [0.5, 0.6) is 0 Å². The summed E-state index contributed by atoms with van der Waals surface area (Å²) in [6, 6.07) is 0. The summed E-state index contributed by atoms with van der Waals surface area (Å²) in [5.41, 5.74) is 0.176. The van der Waals surface area contributed by atoms with Gasteiger partial charge in [0.25, 0.3) is 10.1 Å². The molecule has 0 heterocycles. The molecule has 0 spiro atoms. The Morgan fingerprint density at radius 3 is 1.67 bits per heavy atom. The highest BCUT2D eigenvalue weighted by Crippen LogP contribution is 2.02. The molecular weight excluding hydrogens is 282 g/mol. The zero-order valence-electron chi connectivity index (χ0n) is 11.3. The van der Waals surface area contributed by atoms with Gasteiger partial charge in [-0.25, -0.2) is 4.79 Å². The maximum Gasteiger partial charge on any atom is 0.330 e. The fraction of sp³-hybridized carbons (Fsp3) is 0.700. The summed E-state index contributed by atoms with van der Waals surface area (Å²) in [6.07, 6.45) is 0. The Morgan fingerprint density at radius 1 is 1.33 bits per heavy atom. The molecule has 0 aliphatic carbocycles. The summed E-state index contributed by atoms with van der Waals surface area (Å²) in [6.45, 7) is 6.52. The Balaban J connectivity index is -0.000000277. The molecule has 0 radical (unpaired) electrons. The van der Waals surface area contributed by atoms with E-state index >= 15 is 0 Å². The molecule has 8 heteroatoms. The van der Waals surface area contributed by atoms with Crippen LogP contribution >= 0.6 is 0 Å². The average Bonchev–Trinajstić information content (AvgIpc) is 1.99. The van der Waals surface area contributed by atoms with Gasteiger partial charge < -0.3 is 22.0 Å². The lowest BCUT2D eigenvalue weighted by atomic mass is 10.4. The Hall–Kier alpha value is -0.630. The van der Waals surface area contributed by atoms with Gasteiger partial charge in [0.1, 0.15) is 5.25 Å². The summed E-state index contributed by atoms with van der Waals surface area (Å²) in [7, 11) is 1.78. The average molecular weight is 304 g/mol. The van der Waals surface area contributed by atoms with E-state index < -0.39 is 21.3 Å². The maximum absolute atomic E-state index is 10.6. The smallest absolute Gasteiger partial charge is 0.330 e. The van der Waals surface area contributed by atoms with E-state index in [0.717, 1.165) is 0 Å². The molecule has 2 N–H and O–H groups in total. The quantitative estimate of drug-likeness (QED) is 0.344. The van der Waals surface area contributed by atoms with Crippen molar-refractivity contribution in [3.8, 4) is 0 Å². The molecule has 0 aromatic rings. The van der Waals surface area contributed by atoms with Crippen molar-refractivity contribution in [2.45, 2.75) is 19.1 Å². The summed E-state index contributed by atoms with van der Waals surface area (Å²) in [4.78, 5) is 9.60. The summed E-state index contributed by atoms with van der Waals surface area (Å²) in [5.74, 6) is -0.935. The van der Waals surface area contributed by atoms with Gasteiger partial charge in [0, 0.05) is 5.57 Å². The zero-order chi connectivity index (χ0) is 14.4. The topological polar surface area (TPSA) is 91.7 Å². The van der Waals surface area contributed by atoms with E-state index in [0.29, 0.717) is 11.0 Å². The second kappa shape index (κ2) is 8.47. The van der Waals surface area contributed by atoms with Crippen LogP contribution in [0.2, 0.25) is 0 Å². The van der Waals surface area contributed by atoms with Crippen molar-refractivity contribution >= 4 is 16.1 Å². The first-order chi connectivity index (χ1) is 7.27. The van der Waals surface area contributed by atoms with E-state index in [4.69, 9.17) is 9.66 Å². The molecule has 0 aromatic carbocycles. The lowest BCUT2D eigenvalue weighted by Crippen LogP contribution is -3.00. The van der Waals surface area contributed by atoms with Crippen molar-refractivity contribution in [3.05, 3.63) is 12.2 Å². The first kappa shape index (κ1) is 22.5. The molecule has 0 amide bonds. The number of aliphatic carboxylic acids is 1. The third kappa shape index (κ3) is 15.4. The van der Waals surface area contributed by atoms with Crippen molar-refractivity contribution in [2.24, 2.45) is 0 Å². The lowest BCUT2D eigenvalue weighted by Gasteiger charge is -2.25. The van der Waals surface area contributed by atoms with Gasteiger partial charge in [-0.05, 0) is 13.8 Å². The third-order valence-electron chi connectivity index (χ3n) is 1.68. The largest absolute Gasteiger partial charge is 1.00 e. The van der Waals surface area contributed by atoms with E-state index in [1.54, 1.807) is 0 Å². The minimum atomic E-state index is -3.85. The van der Waals surface area contributed by atoms with E-state index in [1.807, 2.05) is 21.1 Å². The van der Waals surface area contributed by atoms with Gasteiger partial charge in [0.15, 0.2) is 0 Å². The fourth-order valence-electron chi connectivity index (χ4n) is 0.866. The van der Waals surface area contributed by atoms with Crippen LogP contribution in [0.3, 0.4) is 0 Å². The number of carboxylic acids is 1. The molecule has 110 valence electrons. The molecule has 0 saturated heterocycles. The van der Waals surface area contributed by atoms with Crippen LogP contribution in [0.4, 0.5) is 0 Å². The molecule has 1 unspecified atom stereocenters. The number of hydrogen-bond acceptors (Lipinski definition) is 3. The van der Waals surface area contributed by atoms with Gasteiger partial charge in [0.05, 0.1) is 27.7 Å². The minimum Gasteiger partial charge on any atom is -1.00 e. The van der Waals surface area contributed by atoms with Crippen LogP contribution < -0.4 is 12.4 Å². The van der Waals surface area contributed by atoms with Gasteiger partial charge in [-0.1, -0.05) is 6.58 Å². The molecule has 6 nitrogen and oxygen atoms in total. The summed E-state index contributed by atoms with van der Waals surface area (Å²) < 4.78 is 30.2. The third-order valence-corrected chi connectivity index (χ3v) is 2.84. The van der Waals surface area contributed by atoms with E-state index in [1.165, 1.54) is 13.8 Å². The first-order valence-corrected chi connectivity index (χ1v) is 6.43. The van der Waals surface area contributed by atoms with Gasteiger partial charge >= 0.3 is 5.97 Å². The van der Waals surface area contributed by atoms with Crippen molar-refractivity contribution < 1.29 is 39.8 Å². The molecule has 0 saturated carbocycles. The zero-order valence-corrected chi connectivity index (χ0v) is 12.9. The van der Waals surface area contributed by atoms with Gasteiger partial charge in [-0.3, -0.25) is 4.55 Å². The van der Waals surface area contributed by atoms with Gasteiger partial charge in [-0.15, -0.1) is 0 Å². The van der Waals surface area contributed by atoms with Crippen molar-refractivity contribution in [1.82, 2.24) is 0 Å². The van der Waals surface area contributed by atoms with Crippen LogP contribution in [0.1, 0.15) is 13.8 Å². The number of nitrogens with zero attached hydrogens (tertiary/aromatic N) is 1. The highest BCUT2D eigenvalue weighted by atomic mass is 35.5. The Labute approximate surface area is 115 Å². The summed E-state index contributed by atoms with van der Waals surface area (Å²) >= 11 is 0. The predicted octanol–water partition coefficient (Wildman–Crippen LogP) is -2.38. The van der Waals surface area contributed by atoms with Crippen LogP contribution in [0.25, 0.3) is 0 Å². The normalized spacial score (nSPS) is 12.6. The predicted molar refractivity (Wildman–Crippen MR) is 66.4 cm³/mol. The van der Waals surface area contributed by atoms with Crippen molar-refractivity contribution in [2.75, 3.05) is 27.7 Å². The lowest BCUT2D eigenvalue weighted by molar-refractivity contribution is -0.869. The Bertz CT molecular complexity index is 360. The first-order valence-electron chi connectivity index (χ1n) is 4.93. The van der Waals surface area contributed by atoms with Gasteiger partial charge in [-0.2, -0.15) is 8.42 Å². The van der Waals surface area contributed by atoms with Crippen LogP contribution in [-0.4, -0.2) is 61.5 Å². The molecule has 0 fully saturated rings. The molecule has 1 atom stereocenters. The Morgan fingerprint density at radius 2 is 1.61 bits per heavy atom. The molecule has 0 aromatic heterocycles. The number of carbonyl (C=O) groups is 1. The van der Waals surface area contributed by atoms with Crippen LogP contribution in [-0.2, 0) is 14.9 Å². The van der Waals surface area contributed by atoms with E-state index in [2.05, 4.69) is 6.58 Å². The van der Waals surface area contributed by atoms with E-state index in [-0.39, 0.29) is 18.0 Å². The second-order valence-corrected chi connectivity index (χ2v) is 6.72. The molecular formula is C10H22ClNO5S. The highest BCUT2D eigenvalue weighted by Gasteiger charge is 2.23. The SMILES string of the molecule is C=C(C)C(=O)O.CC(C[N+](C)(C)C)S(=O)(=O)O.[Cl-]. The van der Waals surface area contributed by atoms with Crippen molar-refractivity contribution in [3.63, 3.8) is 0 Å². The number of rotatable bonds is 4. The Kier molecular flexibility index (Phi) is 10.6. The molecule has 0 bridgehead atoms. The fourth-order valence-corrected chi connectivity index (χ4v) is 1.50. The van der Waals surface area contributed by atoms with Crippen molar-refractivity contribution in [1.29, 1.82) is 0 Å². The number of hydrogen-bond donors (Lipinski definition) is 2. The molecule has 0 aliphatic heterocycles. The minimum absolute atomic E-state index is 0. The maximum atomic E-state index is 10.6.